The number of nitrogens with zero attached hydrogens (tertiary/aromatic N) is 1. The van der Waals surface area contributed by atoms with Gasteiger partial charge in [0.1, 0.15) is 6.04 Å². The fourth-order valence-corrected chi connectivity index (χ4v) is 2.09. The first-order valence-electron chi connectivity index (χ1n) is 5.95. The van der Waals surface area contributed by atoms with Crippen molar-refractivity contribution >= 4 is 11.8 Å². The standard InChI is InChI=1S/C12H22N2O2/c1-5-6-7-14-9(15)8-13-11(16)10(14)12(2,3)4/h10H,5-8H2,1-4H3,(H,13,16). The molecule has 0 bridgehead atoms. The molecule has 0 radical (unpaired) electrons. The van der Waals surface area contributed by atoms with Crippen molar-refractivity contribution in [3.05, 3.63) is 0 Å². The van der Waals surface area contributed by atoms with Crippen molar-refractivity contribution in [2.24, 2.45) is 5.41 Å². The molecule has 16 heavy (non-hydrogen) atoms. The smallest absolute Gasteiger partial charge is 0.243 e. The monoisotopic (exact) mass is 226 g/mol. The minimum atomic E-state index is -0.333. The van der Waals surface area contributed by atoms with Crippen LogP contribution in [0.25, 0.3) is 0 Å². The minimum Gasteiger partial charge on any atom is -0.345 e. The molecule has 4 heteroatoms. The van der Waals surface area contributed by atoms with Crippen LogP contribution in [0.5, 0.6) is 0 Å². The van der Waals surface area contributed by atoms with Gasteiger partial charge in [0.2, 0.25) is 11.8 Å². The third-order valence-electron chi connectivity index (χ3n) is 2.87. The minimum absolute atomic E-state index is 0.0248. The topological polar surface area (TPSA) is 49.4 Å². The molecule has 0 aromatic heterocycles. The molecule has 0 aromatic carbocycles. The van der Waals surface area contributed by atoms with Gasteiger partial charge >= 0.3 is 0 Å². The summed E-state index contributed by atoms with van der Waals surface area (Å²) < 4.78 is 0. The van der Waals surface area contributed by atoms with E-state index >= 15 is 0 Å². The Hall–Kier alpha value is -1.06. The number of amides is 2. The Morgan fingerprint density at radius 1 is 1.38 bits per heavy atom. The second-order valence-electron chi connectivity index (χ2n) is 5.43. The summed E-state index contributed by atoms with van der Waals surface area (Å²) in [5.74, 6) is 0.0104. The summed E-state index contributed by atoms with van der Waals surface area (Å²) in [5.41, 5.74) is -0.214. The van der Waals surface area contributed by atoms with Crippen LogP contribution in [0.1, 0.15) is 40.5 Å². The van der Waals surface area contributed by atoms with Crippen LogP contribution in [0.3, 0.4) is 0 Å². The van der Waals surface area contributed by atoms with Crippen LogP contribution in [-0.2, 0) is 9.59 Å². The van der Waals surface area contributed by atoms with Gasteiger partial charge in [-0.1, -0.05) is 34.1 Å². The second-order valence-corrected chi connectivity index (χ2v) is 5.43. The van der Waals surface area contributed by atoms with Crippen LogP contribution in [0.15, 0.2) is 0 Å². The van der Waals surface area contributed by atoms with E-state index in [2.05, 4.69) is 12.2 Å². The van der Waals surface area contributed by atoms with Crippen molar-refractivity contribution < 1.29 is 9.59 Å². The zero-order valence-electron chi connectivity index (χ0n) is 10.7. The molecule has 92 valence electrons. The number of nitrogens with one attached hydrogen (secondary N) is 1. The van der Waals surface area contributed by atoms with Crippen LogP contribution < -0.4 is 5.32 Å². The number of carbonyl (C=O) groups excluding carboxylic acids is 2. The van der Waals surface area contributed by atoms with Crippen molar-refractivity contribution in [1.82, 2.24) is 10.2 Å². The highest BCUT2D eigenvalue weighted by Crippen LogP contribution is 2.26. The van der Waals surface area contributed by atoms with E-state index in [4.69, 9.17) is 0 Å². The van der Waals surface area contributed by atoms with Gasteiger partial charge in [0.05, 0.1) is 6.54 Å². The molecule has 0 saturated carbocycles. The van der Waals surface area contributed by atoms with Crippen LogP contribution in [0.2, 0.25) is 0 Å². The summed E-state index contributed by atoms with van der Waals surface area (Å²) in [6, 6.07) is -0.333. The molecule has 0 aliphatic carbocycles. The van der Waals surface area contributed by atoms with Crippen molar-refractivity contribution in [2.75, 3.05) is 13.1 Å². The third kappa shape index (κ3) is 2.74. The molecule has 0 spiro atoms. The molecule has 1 saturated heterocycles. The van der Waals surface area contributed by atoms with E-state index in [9.17, 15) is 9.59 Å². The van der Waals surface area contributed by atoms with Crippen LogP contribution >= 0.6 is 0 Å². The lowest BCUT2D eigenvalue weighted by Crippen LogP contribution is -2.62. The summed E-state index contributed by atoms with van der Waals surface area (Å²) in [5, 5.41) is 2.66. The zero-order valence-corrected chi connectivity index (χ0v) is 10.7. The number of unbranched alkanes of at least 4 members (excludes halogenated alkanes) is 1. The van der Waals surface area contributed by atoms with Crippen LogP contribution in [0.4, 0.5) is 0 Å². The molecule has 1 unspecified atom stereocenters. The average molecular weight is 226 g/mol. The van der Waals surface area contributed by atoms with Gasteiger partial charge in [-0.05, 0) is 11.8 Å². The summed E-state index contributed by atoms with van der Waals surface area (Å²) in [6.07, 6.45) is 1.98. The average Bonchev–Trinajstić information content (AvgIpc) is 2.17. The zero-order chi connectivity index (χ0) is 12.3. The number of hydrogen-bond donors (Lipinski definition) is 1. The highest BCUT2D eigenvalue weighted by atomic mass is 16.2. The summed E-state index contributed by atoms with van der Waals surface area (Å²) in [4.78, 5) is 25.4. The Labute approximate surface area is 97.4 Å². The van der Waals surface area contributed by atoms with Gasteiger partial charge in [-0.3, -0.25) is 9.59 Å². The predicted molar refractivity (Wildman–Crippen MR) is 62.9 cm³/mol. The lowest BCUT2D eigenvalue weighted by molar-refractivity contribution is -0.150. The van der Waals surface area contributed by atoms with Crippen LogP contribution in [0, 0.1) is 5.41 Å². The molecular weight excluding hydrogens is 204 g/mol. The van der Waals surface area contributed by atoms with E-state index in [0.717, 1.165) is 12.8 Å². The summed E-state index contributed by atoms with van der Waals surface area (Å²) >= 11 is 0. The van der Waals surface area contributed by atoms with Gasteiger partial charge in [-0.15, -0.1) is 0 Å². The van der Waals surface area contributed by atoms with Gasteiger partial charge < -0.3 is 10.2 Å². The number of hydrogen-bond acceptors (Lipinski definition) is 2. The molecule has 2 amide bonds. The number of piperazine rings is 1. The first-order valence-corrected chi connectivity index (χ1v) is 5.95. The maximum absolute atomic E-state index is 11.9. The predicted octanol–water partition coefficient (Wildman–Crippen LogP) is 1.16. The van der Waals surface area contributed by atoms with E-state index in [-0.39, 0.29) is 29.8 Å². The Morgan fingerprint density at radius 3 is 2.50 bits per heavy atom. The van der Waals surface area contributed by atoms with Crippen molar-refractivity contribution in [3.63, 3.8) is 0 Å². The fraction of sp³-hybridized carbons (Fsp3) is 0.833. The molecule has 4 nitrogen and oxygen atoms in total. The molecule has 1 aliphatic heterocycles. The van der Waals surface area contributed by atoms with E-state index in [1.54, 1.807) is 4.90 Å². The fourth-order valence-electron chi connectivity index (χ4n) is 2.09. The van der Waals surface area contributed by atoms with Crippen molar-refractivity contribution in [3.8, 4) is 0 Å². The third-order valence-corrected chi connectivity index (χ3v) is 2.87. The second kappa shape index (κ2) is 4.85. The highest BCUT2D eigenvalue weighted by molar-refractivity contribution is 5.95. The molecule has 1 heterocycles. The SMILES string of the molecule is CCCCN1C(=O)CNC(=O)C1C(C)(C)C. The van der Waals surface area contributed by atoms with E-state index in [1.165, 1.54) is 0 Å². The maximum atomic E-state index is 11.9. The Morgan fingerprint density at radius 2 is 2.00 bits per heavy atom. The van der Waals surface area contributed by atoms with Crippen molar-refractivity contribution in [2.45, 2.75) is 46.6 Å². The summed E-state index contributed by atoms with van der Waals surface area (Å²) in [7, 11) is 0. The Balaban J connectivity index is 2.86. The highest BCUT2D eigenvalue weighted by Gasteiger charge is 2.41. The van der Waals surface area contributed by atoms with Gasteiger partial charge in [-0.2, -0.15) is 0 Å². The van der Waals surface area contributed by atoms with Gasteiger partial charge in [0.15, 0.2) is 0 Å². The first-order chi connectivity index (χ1) is 7.38. The number of rotatable bonds is 3. The molecule has 1 rings (SSSR count). The molecular formula is C12H22N2O2. The van der Waals surface area contributed by atoms with E-state index < -0.39 is 0 Å². The number of carbonyl (C=O) groups is 2. The molecule has 1 N–H and O–H groups in total. The quantitative estimate of drug-likeness (QED) is 0.785. The van der Waals surface area contributed by atoms with Gasteiger partial charge in [0, 0.05) is 6.54 Å². The first kappa shape index (κ1) is 13.0. The van der Waals surface area contributed by atoms with Gasteiger partial charge in [-0.25, -0.2) is 0 Å². The summed E-state index contributed by atoms with van der Waals surface area (Å²) in [6.45, 7) is 8.90. The molecule has 1 fully saturated rings. The Bertz CT molecular complexity index is 281. The molecule has 1 atom stereocenters. The largest absolute Gasteiger partial charge is 0.345 e. The van der Waals surface area contributed by atoms with Gasteiger partial charge in [0.25, 0.3) is 0 Å². The van der Waals surface area contributed by atoms with E-state index in [0.29, 0.717) is 6.54 Å². The molecule has 1 aliphatic rings. The van der Waals surface area contributed by atoms with Crippen LogP contribution in [-0.4, -0.2) is 35.8 Å². The lowest BCUT2D eigenvalue weighted by atomic mass is 9.84. The normalized spacial score (nSPS) is 22.2. The molecule has 0 aromatic rings. The Kier molecular flexibility index (Phi) is 3.94. The van der Waals surface area contributed by atoms with E-state index in [1.807, 2.05) is 20.8 Å². The van der Waals surface area contributed by atoms with Crippen molar-refractivity contribution in [1.29, 1.82) is 0 Å². The maximum Gasteiger partial charge on any atom is 0.243 e. The lowest BCUT2D eigenvalue weighted by Gasteiger charge is -2.42.